The first-order chi connectivity index (χ1) is 14.0. The maximum Gasteiger partial charge on any atom is 0.146 e. The highest BCUT2D eigenvalue weighted by Crippen LogP contribution is 2.27. The summed E-state index contributed by atoms with van der Waals surface area (Å²) < 4.78 is 25.7. The van der Waals surface area contributed by atoms with Gasteiger partial charge in [-0.05, 0) is 54.4 Å². The van der Waals surface area contributed by atoms with Crippen LogP contribution in [0.3, 0.4) is 0 Å². The van der Waals surface area contributed by atoms with E-state index >= 15 is 0 Å². The first-order valence-corrected chi connectivity index (χ1v) is 9.89. The third kappa shape index (κ3) is 5.81. The summed E-state index contributed by atoms with van der Waals surface area (Å²) in [4.78, 5) is 0. The molecular weight excluding hydrogens is 365 g/mol. The fraction of sp³-hybridized carbons (Fsp3) is 0.280. The van der Waals surface area contributed by atoms with Gasteiger partial charge in [0.05, 0.1) is 25.5 Å². The van der Waals surface area contributed by atoms with Crippen molar-refractivity contribution >= 4 is 11.4 Å². The van der Waals surface area contributed by atoms with E-state index < -0.39 is 0 Å². The van der Waals surface area contributed by atoms with Crippen LogP contribution in [0.4, 0.5) is 15.8 Å². The molecule has 0 spiro atoms. The summed E-state index contributed by atoms with van der Waals surface area (Å²) in [6.07, 6.45) is 0. The number of halogens is 1. The summed E-state index contributed by atoms with van der Waals surface area (Å²) in [6.45, 7) is 7.90. The molecule has 0 bridgehead atoms. The van der Waals surface area contributed by atoms with Crippen LogP contribution in [0.25, 0.3) is 0 Å². The van der Waals surface area contributed by atoms with Crippen molar-refractivity contribution in [2.24, 2.45) is 0 Å². The third-order valence-electron chi connectivity index (χ3n) is 4.76. The van der Waals surface area contributed by atoms with Gasteiger partial charge in [0.1, 0.15) is 11.6 Å². The molecule has 3 nitrogen and oxygen atoms in total. The zero-order valence-electron chi connectivity index (χ0n) is 17.2. The van der Waals surface area contributed by atoms with E-state index in [-0.39, 0.29) is 11.2 Å². The molecule has 0 aromatic heterocycles. The molecule has 0 saturated carbocycles. The number of rotatable bonds is 9. The van der Waals surface area contributed by atoms with Crippen molar-refractivity contribution in [3.8, 4) is 5.75 Å². The Morgan fingerprint density at radius 1 is 0.931 bits per heavy atom. The lowest BCUT2D eigenvalue weighted by Gasteiger charge is -2.25. The zero-order chi connectivity index (χ0) is 20.7. The quantitative estimate of drug-likeness (QED) is 0.452. The van der Waals surface area contributed by atoms with E-state index in [2.05, 4.69) is 31.3 Å². The van der Waals surface area contributed by atoms with Crippen molar-refractivity contribution < 1.29 is 13.9 Å². The lowest BCUT2D eigenvalue weighted by molar-refractivity contribution is 0.0825. The van der Waals surface area contributed by atoms with Gasteiger partial charge in [-0.2, -0.15) is 0 Å². The zero-order valence-corrected chi connectivity index (χ0v) is 17.2. The SMILES string of the molecule is CCOc1ccc(C(C)(C)COCc2ccc(F)c(Nc3ccccc3)c2)cc1. The van der Waals surface area contributed by atoms with Gasteiger partial charge in [-0.1, -0.05) is 50.2 Å². The second-order valence-electron chi connectivity index (χ2n) is 7.64. The number of hydrogen-bond donors (Lipinski definition) is 1. The standard InChI is InChI=1S/C25H28FNO2/c1-4-29-22-13-11-20(12-14-22)25(2,3)18-28-17-19-10-15-23(26)24(16-19)27-21-8-6-5-7-9-21/h5-16,27H,4,17-18H2,1-3H3. The Balaban J connectivity index is 1.60. The van der Waals surface area contributed by atoms with Crippen molar-refractivity contribution in [3.05, 3.63) is 89.7 Å². The minimum absolute atomic E-state index is 0.143. The highest BCUT2D eigenvalue weighted by Gasteiger charge is 2.21. The van der Waals surface area contributed by atoms with Gasteiger partial charge in [-0.15, -0.1) is 0 Å². The average molecular weight is 394 g/mol. The van der Waals surface area contributed by atoms with Crippen molar-refractivity contribution in [3.63, 3.8) is 0 Å². The average Bonchev–Trinajstić information content (AvgIpc) is 2.72. The molecule has 4 heteroatoms. The van der Waals surface area contributed by atoms with Crippen molar-refractivity contribution in [1.29, 1.82) is 0 Å². The van der Waals surface area contributed by atoms with E-state index in [0.29, 0.717) is 25.5 Å². The van der Waals surface area contributed by atoms with Crippen LogP contribution < -0.4 is 10.1 Å². The second kappa shape index (κ2) is 9.57. The molecule has 0 atom stereocenters. The van der Waals surface area contributed by atoms with Crippen LogP contribution in [0.15, 0.2) is 72.8 Å². The van der Waals surface area contributed by atoms with E-state index in [4.69, 9.17) is 9.47 Å². The van der Waals surface area contributed by atoms with Crippen molar-refractivity contribution in [2.45, 2.75) is 32.8 Å². The topological polar surface area (TPSA) is 30.5 Å². The van der Waals surface area contributed by atoms with Crippen LogP contribution in [0, 0.1) is 5.82 Å². The fourth-order valence-electron chi connectivity index (χ4n) is 3.11. The molecule has 0 amide bonds. The maximum absolute atomic E-state index is 14.2. The molecule has 0 fully saturated rings. The lowest BCUT2D eigenvalue weighted by Crippen LogP contribution is -2.24. The smallest absolute Gasteiger partial charge is 0.146 e. The number of anilines is 2. The fourth-order valence-corrected chi connectivity index (χ4v) is 3.11. The Bertz CT molecular complexity index is 908. The lowest BCUT2D eigenvalue weighted by atomic mass is 9.85. The van der Waals surface area contributed by atoms with Gasteiger partial charge in [-0.3, -0.25) is 0 Å². The molecule has 3 aromatic carbocycles. The summed E-state index contributed by atoms with van der Waals surface area (Å²) in [5.74, 6) is 0.588. The Kier molecular flexibility index (Phi) is 6.89. The van der Waals surface area contributed by atoms with Gasteiger partial charge in [0, 0.05) is 11.1 Å². The minimum Gasteiger partial charge on any atom is -0.494 e. The van der Waals surface area contributed by atoms with Gasteiger partial charge in [0.25, 0.3) is 0 Å². The Hall–Kier alpha value is -2.85. The molecule has 0 aliphatic heterocycles. The number of ether oxygens (including phenoxy) is 2. The second-order valence-corrected chi connectivity index (χ2v) is 7.64. The molecular formula is C25H28FNO2. The van der Waals surface area contributed by atoms with E-state index in [9.17, 15) is 4.39 Å². The highest BCUT2D eigenvalue weighted by molar-refractivity contribution is 5.60. The van der Waals surface area contributed by atoms with E-state index in [1.807, 2.05) is 49.4 Å². The van der Waals surface area contributed by atoms with Gasteiger partial charge in [0.15, 0.2) is 0 Å². The first kappa shape index (κ1) is 20.9. The molecule has 0 heterocycles. The largest absolute Gasteiger partial charge is 0.494 e. The van der Waals surface area contributed by atoms with Crippen LogP contribution in [0.5, 0.6) is 5.75 Å². The minimum atomic E-state index is -0.285. The summed E-state index contributed by atoms with van der Waals surface area (Å²) in [6, 6.07) is 22.7. The number of hydrogen-bond acceptors (Lipinski definition) is 3. The van der Waals surface area contributed by atoms with E-state index in [0.717, 1.165) is 17.0 Å². The van der Waals surface area contributed by atoms with Gasteiger partial charge < -0.3 is 14.8 Å². The number of nitrogens with one attached hydrogen (secondary N) is 1. The third-order valence-corrected chi connectivity index (χ3v) is 4.76. The summed E-state index contributed by atoms with van der Waals surface area (Å²) in [5.41, 5.74) is 3.26. The van der Waals surface area contributed by atoms with Crippen LogP contribution >= 0.6 is 0 Å². The molecule has 3 aromatic rings. The molecule has 3 rings (SSSR count). The first-order valence-electron chi connectivity index (χ1n) is 9.89. The molecule has 0 radical (unpaired) electrons. The summed E-state index contributed by atoms with van der Waals surface area (Å²) >= 11 is 0. The molecule has 0 saturated heterocycles. The molecule has 29 heavy (non-hydrogen) atoms. The Morgan fingerprint density at radius 3 is 2.34 bits per heavy atom. The van der Waals surface area contributed by atoms with Crippen LogP contribution in [-0.2, 0) is 16.8 Å². The maximum atomic E-state index is 14.2. The van der Waals surface area contributed by atoms with Crippen LogP contribution in [-0.4, -0.2) is 13.2 Å². The monoisotopic (exact) mass is 393 g/mol. The van der Waals surface area contributed by atoms with E-state index in [1.54, 1.807) is 12.1 Å². The predicted molar refractivity (Wildman–Crippen MR) is 116 cm³/mol. The predicted octanol–water partition coefficient (Wildman–Crippen LogP) is 6.46. The number of para-hydroxylation sites is 1. The molecule has 0 aliphatic rings. The van der Waals surface area contributed by atoms with Gasteiger partial charge >= 0.3 is 0 Å². The van der Waals surface area contributed by atoms with Crippen molar-refractivity contribution in [1.82, 2.24) is 0 Å². The molecule has 152 valence electrons. The summed E-state index contributed by atoms with van der Waals surface area (Å²) in [5, 5.41) is 3.12. The summed E-state index contributed by atoms with van der Waals surface area (Å²) in [7, 11) is 0. The molecule has 0 aliphatic carbocycles. The molecule has 1 N–H and O–H groups in total. The Labute approximate surface area is 172 Å². The van der Waals surface area contributed by atoms with Crippen molar-refractivity contribution in [2.75, 3.05) is 18.5 Å². The van der Waals surface area contributed by atoms with Gasteiger partial charge in [-0.25, -0.2) is 4.39 Å². The molecule has 0 unspecified atom stereocenters. The van der Waals surface area contributed by atoms with E-state index in [1.165, 1.54) is 11.6 Å². The Morgan fingerprint density at radius 2 is 1.66 bits per heavy atom. The van der Waals surface area contributed by atoms with Crippen LogP contribution in [0.1, 0.15) is 31.9 Å². The normalized spacial score (nSPS) is 11.3. The van der Waals surface area contributed by atoms with Gasteiger partial charge in [0.2, 0.25) is 0 Å². The number of benzene rings is 3. The highest BCUT2D eigenvalue weighted by atomic mass is 19.1. The van der Waals surface area contributed by atoms with Crippen LogP contribution in [0.2, 0.25) is 0 Å².